The van der Waals surface area contributed by atoms with Crippen molar-refractivity contribution in [3.8, 4) is 0 Å². The molecule has 2 fully saturated rings. The molecule has 1 amide bonds. The van der Waals surface area contributed by atoms with Gasteiger partial charge in [-0.25, -0.2) is 4.79 Å². The van der Waals surface area contributed by atoms with Crippen LogP contribution < -0.4 is 5.73 Å². The molecule has 0 heterocycles. The summed E-state index contributed by atoms with van der Waals surface area (Å²) in [7, 11) is 0. The van der Waals surface area contributed by atoms with Gasteiger partial charge in [0, 0.05) is 5.41 Å². The molecule has 2 bridgehead atoms. The van der Waals surface area contributed by atoms with E-state index >= 15 is 0 Å². The van der Waals surface area contributed by atoms with Crippen LogP contribution in [0.1, 0.15) is 40.0 Å². The zero-order valence-electron chi connectivity index (χ0n) is 9.17. The third-order valence-electron chi connectivity index (χ3n) is 4.97. The maximum Gasteiger partial charge on any atom is 0.404 e. The number of ether oxygens (including phenoxy) is 1. The monoisotopic (exact) mass is 197 g/mol. The average molecular weight is 197 g/mol. The second-order valence-corrected chi connectivity index (χ2v) is 5.54. The van der Waals surface area contributed by atoms with Crippen molar-refractivity contribution in [3.63, 3.8) is 0 Å². The predicted octanol–water partition coefficient (Wildman–Crippen LogP) is 2.30. The Morgan fingerprint density at radius 3 is 2.43 bits per heavy atom. The van der Waals surface area contributed by atoms with Crippen LogP contribution in [0.15, 0.2) is 0 Å². The molecule has 80 valence electrons. The van der Waals surface area contributed by atoms with Crippen LogP contribution in [0.2, 0.25) is 0 Å². The molecule has 2 aliphatic rings. The minimum Gasteiger partial charge on any atom is -0.446 e. The van der Waals surface area contributed by atoms with E-state index in [-0.39, 0.29) is 16.9 Å². The van der Waals surface area contributed by atoms with Crippen LogP contribution in [0.5, 0.6) is 0 Å². The number of hydrogen-bond acceptors (Lipinski definition) is 2. The fourth-order valence-electron chi connectivity index (χ4n) is 3.45. The largest absolute Gasteiger partial charge is 0.446 e. The van der Waals surface area contributed by atoms with Gasteiger partial charge >= 0.3 is 6.09 Å². The maximum absolute atomic E-state index is 10.8. The molecular weight excluding hydrogens is 178 g/mol. The standard InChI is InChI=1S/C11H19NO2/c1-10(2)7-4-5-11(10,3)8(6-7)14-9(12)13/h7-8H,4-6H2,1-3H3,(H2,12,13). The van der Waals surface area contributed by atoms with E-state index in [1.54, 1.807) is 0 Å². The highest BCUT2D eigenvalue weighted by Gasteiger charge is 2.62. The van der Waals surface area contributed by atoms with Crippen molar-refractivity contribution in [1.82, 2.24) is 0 Å². The Labute approximate surface area is 85.0 Å². The van der Waals surface area contributed by atoms with Gasteiger partial charge in [-0.05, 0) is 30.6 Å². The minimum absolute atomic E-state index is 0.0359. The summed E-state index contributed by atoms with van der Waals surface area (Å²) in [6.45, 7) is 6.80. The summed E-state index contributed by atoms with van der Waals surface area (Å²) >= 11 is 0. The van der Waals surface area contributed by atoms with Gasteiger partial charge in [-0.2, -0.15) is 0 Å². The zero-order chi connectivity index (χ0) is 10.6. The molecule has 0 radical (unpaired) electrons. The third-order valence-corrected chi connectivity index (χ3v) is 4.97. The summed E-state index contributed by atoms with van der Waals surface area (Å²) in [6.07, 6.45) is 2.82. The topological polar surface area (TPSA) is 52.3 Å². The number of carbonyl (C=O) groups is 1. The molecule has 0 spiro atoms. The Hall–Kier alpha value is -0.730. The number of fused-ring (bicyclic) bond motifs is 2. The van der Waals surface area contributed by atoms with Gasteiger partial charge in [0.15, 0.2) is 0 Å². The first-order valence-corrected chi connectivity index (χ1v) is 5.34. The molecule has 0 aromatic heterocycles. The molecular formula is C11H19NO2. The first-order valence-electron chi connectivity index (χ1n) is 5.34. The molecule has 0 saturated heterocycles. The highest BCUT2D eigenvalue weighted by Crippen LogP contribution is 2.66. The van der Waals surface area contributed by atoms with Crippen LogP contribution in [0.25, 0.3) is 0 Å². The second kappa shape index (κ2) is 2.65. The molecule has 3 unspecified atom stereocenters. The molecule has 2 saturated carbocycles. The lowest BCUT2D eigenvalue weighted by molar-refractivity contribution is -0.000432. The fraction of sp³-hybridized carbons (Fsp3) is 0.909. The van der Waals surface area contributed by atoms with Crippen molar-refractivity contribution in [3.05, 3.63) is 0 Å². The molecule has 3 nitrogen and oxygen atoms in total. The summed E-state index contributed by atoms with van der Waals surface area (Å²) < 4.78 is 5.22. The van der Waals surface area contributed by atoms with E-state index in [4.69, 9.17) is 10.5 Å². The molecule has 2 N–H and O–H groups in total. The summed E-state index contributed by atoms with van der Waals surface area (Å²) in [5.74, 6) is 0.692. The van der Waals surface area contributed by atoms with E-state index in [1.807, 2.05) is 0 Å². The Kier molecular flexibility index (Phi) is 1.85. The summed E-state index contributed by atoms with van der Waals surface area (Å²) in [4.78, 5) is 10.8. The van der Waals surface area contributed by atoms with Crippen molar-refractivity contribution in [2.24, 2.45) is 22.5 Å². The lowest BCUT2D eigenvalue weighted by atomic mass is 9.70. The molecule has 3 heteroatoms. The Balaban J connectivity index is 2.23. The molecule has 3 atom stereocenters. The normalized spacial score (nSPS) is 43.9. The van der Waals surface area contributed by atoms with Crippen LogP contribution in [0.4, 0.5) is 4.79 Å². The van der Waals surface area contributed by atoms with Crippen LogP contribution in [0.3, 0.4) is 0 Å². The first-order chi connectivity index (χ1) is 6.38. The number of amides is 1. The van der Waals surface area contributed by atoms with E-state index in [0.29, 0.717) is 5.92 Å². The third kappa shape index (κ3) is 1.01. The van der Waals surface area contributed by atoms with E-state index in [1.165, 1.54) is 6.42 Å². The van der Waals surface area contributed by atoms with Crippen molar-refractivity contribution in [2.45, 2.75) is 46.1 Å². The second-order valence-electron chi connectivity index (χ2n) is 5.54. The lowest BCUT2D eigenvalue weighted by Gasteiger charge is -2.38. The Morgan fingerprint density at radius 2 is 2.07 bits per heavy atom. The molecule has 2 rings (SSSR count). The highest BCUT2D eigenvalue weighted by molar-refractivity contribution is 5.65. The lowest BCUT2D eigenvalue weighted by Crippen LogP contribution is -2.39. The van der Waals surface area contributed by atoms with Gasteiger partial charge in [-0.15, -0.1) is 0 Å². The van der Waals surface area contributed by atoms with Crippen molar-refractivity contribution >= 4 is 6.09 Å². The highest BCUT2D eigenvalue weighted by atomic mass is 16.6. The quantitative estimate of drug-likeness (QED) is 0.701. The van der Waals surface area contributed by atoms with Crippen molar-refractivity contribution in [2.75, 3.05) is 0 Å². The van der Waals surface area contributed by atoms with Gasteiger partial charge in [-0.3, -0.25) is 0 Å². The van der Waals surface area contributed by atoms with Crippen molar-refractivity contribution in [1.29, 1.82) is 0 Å². The van der Waals surface area contributed by atoms with Gasteiger partial charge in [0.25, 0.3) is 0 Å². The average Bonchev–Trinajstić information content (AvgIpc) is 2.35. The summed E-state index contributed by atoms with van der Waals surface area (Å²) in [5, 5.41) is 0. The molecule has 14 heavy (non-hydrogen) atoms. The molecule has 0 aromatic carbocycles. The predicted molar refractivity (Wildman–Crippen MR) is 53.7 cm³/mol. The SMILES string of the molecule is CC1(C)C2CCC1(C)C(OC(N)=O)C2. The number of rotatable bonds is 1. The first kappa shape index (κ1) is 9.81. The van der Waals surface area contributed by atoms with Gasteiger partial charge in [0.05, 0.1) is 0 Å². The molecule has 0 aromatic rings. The fourth-order valence-corrected chi connectivity index (χ4v) is 3.45. The van der Waals surface area contributed by atoms with E-state index < -0.39 is 6.09 Å². The maximum atomic E-state index is 10.8. The zero-order valence-corrected chi connectivity index (χ0v) is 9.17. The van der Waals surface area contributed by atoms with Crippen LogP contribution in [0, 0.1) is 16.7 Å². The number of primary amides is 1. The van der Waals surface area contributed by atoms with Crippen LogP contribution >= 0.6 is 0 Å². The smallest absolute Gasteiger partial charge is 0.404 e. The number of hydrogen-bond donors (Lipinski definition) is 1. The van der Waals surface area contributed by atoms with Gasteiger partial charge in [0.2, 0.25) is 0 Å². The summed E-state index contributed by atoms with van der Waals surface area (Å²) in [5.41, 5.74) is 5.51. The number of carbonyl (C=O) groups excluding carboxylic acids is 1. The van der Waals surface area contributed by atoms with Crippen LogP contribution in [-0.2, 0) is 4.74 Å². The Morgan fingerprint density at radius 1 is 1.43 bits per heavy atom. The summed E-state index contributed by atoms with van der Waals surface area (Å²) in [6, 6.07) is 0. The van der Waals surface area contributed by atoms with Gasteiger partial charge < -0.3 is 10.5 Å². The van der Waals surface area contributed by atoms with Crippen molar-refractivity contribution < 1.29 is 9.53 Å². The number of nitrogens with two attached hydrogens (primary N) is 1. The van der Waals surface area contributed by atoms with E-state index in [2.05, 4.69) is 20.8 Å². The minimum atomic E-state index is -0.625. The molecule has 2 aliphatic carbocycles. The molecule has 0 aliphatic heterocycles. The van der Waals surface area contributed by atoms with E-state index in [0.717, 1.165) is 12.8 Å². The van der Waals surface area contributed by atoms with E-state index in [9.17, 15) is 4.79 Å². The Bertz CT molecular complexity index is 274. The van der Waals surface area contributed by atoms with Crippen LogP contribution in [-0.4, -0.2) is 12.2 Å². The van der Waals surface area contributed by atoms with Gasteiger partial charge in [0.1, 0.15) is 6.10 Å². The van der Waals surface area contributed by atoms with Gasteiger partial charge in [-0.1, -0.05) is 20.8 Å².